The number of nitrogens with one attached hydrogen (secondary N) is 1. The van der Waals surface area contributed by atoms with Crippen molar-refractivity contribution in [2.24, 2.45) is 0 Å². The number of rotatable bonds is 5. The van der Waals surface area contributed by atoms with E-state index in [-0.39, 0.29) is 5.54 Å². The molecule has 1 rings (SSSR count). The molecule has 3 nitrogen and oxygen atoms in total. The number of aromatic nitrogens is 2. The van der Waals surface area contributed by atoms with Crippen molar-refractivity contribution in [3.63, 3.8) is 0 Å². The minimum atomic E-state index is 0.208. The first kappa shape index (κ1) is 13.2. The van der Waals surface area contributed by atoms with E-state index < -0.39 is 0 Å². The summed E-state index contributed by atoms with van der Waals surface area (Å²) in [5.41, 5.74) is 0.208. The highest BCUT2D eigenvalue weighted by Crippen LogP contribution is 2.16. The Morgan fingerprint density at radius 2 is 2.12 bits per heavy atom. The summed E-state index contributed by atoms with van der Waals surface area (Å²) in [5.74, 6) is 1.73. The van der Waals surface area contributed by atoms with Crippen LogP contribution in [0.4, 0.5) is 0 Å². The molecule has 1 aromatic heterocycles. The second kappa shape index (κ2) is 5.48. The Morgan fingerprint density at radius 3 is 2.69 bits per heavy atom. The van der Waals surface area contributed by atoms with E-state index in [9.17, 15) is 0 Å². The van der Waals surface area contributed by atoms with Crippen molar-refractivity contribution in [3.05, 3.63) is 18.2 Å². The summed E-state index contributed by atoms with van der Waals surface area (Å²) < 4.78 is 2.22. The van der Waals surface area contributed by atoms with Crippen LogP contribution >= 0.6 is 0 Å². The summed E-state index contributed by atoms with van der Waals surface area (Å²) in [4.78, 5) is 4.44. The van der Waals surface area contributed by atoms with Gasteiger partial charge in [-0.05, 0) is 40.7 Å². The highest BCUT2D eigenvalue weighted by Gasteiger charge is 2.13. The van der Waals surface area contributed by atoms with E-state index in [2.05, 4.69) is 55.7 Å². The smallest absolute Gasteiger partial charge is 0.111 e. The third-order valence-corrected chi connectivity index (χ3v) is 2.76. The normalized spacial score (nSPS) is 14.1. The fourth-order valence-electron chi connectivity index (χ4n) is 1.81. The third-order valence-electron chi connectivity index (χ3n) is 2.76. The number of aryl methyl sites for hydroxylation is 1. The van der Waals surface area contributed by atoms with Crippen LogP contribution in [0.15, 0.2) is 12.4 Å². The monoisotopic (exact) mass is 223 g/mol. The number of hydrogen-bond donors (Lipinski definition) is 1. The van der Waals surface area contributed by atoms with Crippen molar-refractivity contribution in [1.82, 2.24) is 14.9 Å². The third kappa shape index (κ3) is 3.97. The second-order valence-corrected chi connectivity index (χ2v) is 5.44. The molecule has 0 saturated heterocycles. The summed E-state index contributed by atoms with van der Waals surface area (Å²) in [6.45, 7) is 13.1. The molecule has 0 bridgehead atoms. The Labute approximate surface area is 99.3 Å². The Hall–Kier alpha value is -0.830. The molecule has 0 aliphatic heterocycles. The lowest BCUT2D eigenvalue weighted by Gasteiger charge is -2.22. The predicted octanol–water partition coefficient (Wildman–Crippen LogP) is 2.78. The zero-order valence-corrected chi connectivity index (χ0v) is 11.2. The van der Waals surface area contributed by atoms with Crippen molar-refractivity contribution < 1.29 is 0 Å². The lowest BCUT2D eigenvalue weighted by molar-refractivity contribution is 0.409. The molecule has 0 radical (unpaired) electrons. The zero-order valence-electron chi connectivity index (χ0n) is 11.2. The molecular formula is C13H25N3. The van der Waals surface area contributed by atoms with Gasteiger partial charge < -0.3 is 9.88 Å². The van der Waals surface area contributed by atoms with Gasteiger partial charge in [-0.25, -0.2) is 4.98 Å². The summed E-state index contributed by atoms with van der Waals surface area (Å²) in [6, 6.07) is 0. The van der Waals surface area contributed by atoms with Crippen LogP contribution in [0, 0.1) is 0 Å². The summed E-state index contributed by atoms with van der Waals surface area (Å²) in [5, 5.41) is 3.52. The summed E-state index contributed by atoms with van der Waals surface area (Å²) in [7, 11) is 0. The van der Waals surface area contributed by atoms with Gasteiger partial charge in [-0.2, -0.15) is 0 Å². The second-order valence-electron chi connectivity index (χ2n) is 5.44. The zero-order chi connectivity index (χ0) is 12.2. The molecule has 0 aliphatic rings. The molecule has 0 aromatic carbocycles. The van der Waals surface area contributed by atoms with Crippen LogP contribution in [-0.4, -0.2) is 21.6 Å². The van der Waals surface area contributed by atoms with Crippen LogP contribution in [0.1, 0.15) is 52.8 Å². The minimum absolute atomic E-state index is 0.208. The Bertz CT molecular complexity index is 309. The maximum absolute atomic E-state index is 4.44. The van der Waals surface area contributed by atoms with Gasteiger partial charge >= 0.3 is 0 Å². The van der Waals surface area contributed by atoms with Crippen molar-refractivity contribution in [3.8, 4) is 0 Å². The fourth-order valence-corrected chi connectivity index (χ4v) is 1.81. The van der Waals surface area contributed by atoms with Crippen molar-refractivity contribution in [2.75, 3.05) is 6.54 Å². The largest absolute Gasteiger partial charge is 0.335 e. The summed E-state index contributed by atoms with van der Waals surface area (Å²) in [6.07, 6.45) is 5.09. The van der Waals surface area contributed by atoms with Crippen LogP contribution in [0.5, 0.6) is 0 Å². The fraction of sp³-hybridized carbons (Fsp3) is 0.769. The SMILES string of the molecule is CCn1ccnc1C(C)CCNC(C)(C)C. The molecule has 0 amide bonds. The Morgan fingerprint density at radius 1 is 1.44 bits per heavy atom. The molecule has 0 saturated carbocycles. The van der Waals surface area contributed by atoms with Gasteiger partial charge in [0.15, 0.2) is 0 Å². The lowest BCUT2D eigenvalue weighted by atomic mass is 10.0. The Kier molecular flexibility index (Phi) is 4.54. The van der Waals surface area contributed by atoms with Crippen LogP contribution in [-0.2, 0) is 6.54 Å². The van der Waals surface area contributed by atoms with Gasteiger partial charge in [-0.3, -0.25) is 0 Å². The van der Waals surface area contributed by atoms with E-state index in [1.165, 1.54) is 5.82 Å². The first-order chi connectivity index (χ1) is 7.44. The standard InChI is InChI=1S/C13H25N3/c1-6-16-10-9-14-12(16)11(2)7-8-15-13(3,4)5/h9-11,15H,6-8H2,1-5H3. The molecule has 1 heterocycles. The van der Waals surface area contributed by atoms with Crippen molar-refractivity contribution >= 4 is 0 Å². The molecule has 0 fully saturated rings. The quantitative estimate of drug-likeness (QED) is 0.832. The lowest BCUT2D eigenvalue weighted by Crippen LogP contribution is -2.36. The first-order valence-electron chi connectivity index (χ1n) is 6.20. The van der Waals surface area contributed by atoms with Crippen LogP contribution in [0.3, 0.4) is 0 Å². The van der Waals surface area contributed by atoms with Gasteiger partial charge in [0, 0.05) is 30.4 Å². The van der Waals surface area contributed by atoms with Gasteiger partial charge in [0.2, 0.25) is 0 Å². The molecule has 16 heavy (non-hydrogen) atoms. The molecule has 92 valence electrons. The van der Waals surface area contributed by atoms with Crippen molar-refractivity contribution in [1.29, 1.82) is 0 Å². The highest BCUT2D eigenvalue weighted by atomic mass is 15.1. The minimum Gasteiger partial charge on any atom is -0.335 e. The molecule has 1 atom stereocenters. The maximum Gasteiger partial charge on any atom is 0.111 e. The van der Waals surface area contributed by atoms with E-state index in [0.29, 0.717) is 5.92 Å². The van der Waals surface area contributed by atoms with Crippen LogP contribution < -0.4 is 5.32 Å². The number of nitrogens with zero attached hydrogens (tertiary/aromatic N) is 2. The van der Waals surface area contributed by atoms with Gasteiger partial charge in [0.25, 0.3) is 0 Å². The average Bonchev–Trinajstić information content (AvgIpc) is 2.63. The first-order valence-corrected chi connectivity index (χ1v) is 6.20. The Balaban J connectivity index is 2.44. The topological polar surface area (TPSA) is 29.9 Å². The highest BCUT2D eigenvalue weighted by molar-refractivity contribution is 4.99. The molecule has 0 spiro atoms. The predicted molar refractivity (Wildman–Crippen MR) is 68.7 cm³/mol. The average molecular weight is 223 g/mol. The molecule has 1 unspecified atom stereocenters. The van der Waals surface area contributed by atoms with Gasteiger partial charge in [-0.15, -0.1) is 0 Å². The van der Waals surface area contributed by atoms with E-state index in [1.54, 1.807) is 0 Å². The van der Waals surface area contributed by atoms with Crippen LogP contribution in [0.2, 0.25) is 0 Å². The maximum atomic E-state index is 4.44. The molecule has 0 aliphatic carbocycles. The summed E-state index contributed by atoms with van der Waals surface area (Å²) >= 11 is 0. The van der Waals surface area contributed by atoms with E-state index in [4.69, 9.17) is 0 Å². The van der Waals surface area contributed by atoms with Crippen LogP contribution in [0.25, 0.3) is 0 Å². The van der Waals surface area contributed by atoms with E-state index >= 15 is 0 Å². The van der Waals surface area contributed by atoms with Gasteiger partial charge in [0.05, 0.1) is 0 Å². The number of hydrogen-bond acceptors (Lipinski definition) is 2. The molecule has 1 N–H and O–H groups in total. The van der Waals surface area contributed by atoms with E-state index in [1.807, 2.05) is 6.20 Å². The van der Waals surface area contributed by atoms with Gasteiger partial charge in [-0.1, -0.05) is 6.92 Å². The molecule has 3 heteroatoms. The van der Waals surface area contributed by atoms with Crippen molar-refractivity contribution in [2.45, 2.75) is 59.0 Å². The van der Waals surface area contributed by atoms with Gasteiger partial charge in [0.1, 0.15) is 5.82 Å². The molecular weight excluding hydrogens is 198 g/mol. The number of imidazole rings is 1. The van der Waals surface area contributed by atoms with E-state index in [0.717, 1.165) is 19.5 Å². The molecule has 1 aromatic rings.